The molecule has 3 N–H and O–H groups in total. The number of hydrogen-bond acceptors (Lipinski definition) is 4. The minimum absolute atomic E-state index is 0.310. The monoisotopic (exact) mass is 314 g/mol. The number of rotatable bonds is 5. The van der Waals surface area contributed by atoms with Crippen LogP contribution in [0.2, 0.25) is 5.02 Å². The standard InChI is InChI=1S/C16H15ClN4O/c17-12-8-6-11(7-9-12)15(18)16-19-14(20-21-16)10-22-13-4-2-1-3-5-13/h1-9,15H,10,18H2,(H,19,20,21)/t15-/m0/s1. The molecule has 0 radical (unpaired) electrons. The maximum Gasteiger partial charge on any atom is 0.172 e. The summed E-state index contributed by atoms with van der Waals surface area (Å²) in [5.41, 5.74) is 7.06. The van der Waals surface area contributed by atoms with Gasteiger partial charge in [0, 0.05) is 5.02 Å². The van der Waals surface area contributed by atoms with E-state index in [9.17, 15) is 0 Å². The number of nitrogens with one attached hydrogen (secondary N) is 1. The molecule has 112 valence electrons. The molecule has 6 heteroatoms. The number of halogens is 1. The van der Waals surface area contributed by atoms with Crippen molar-refractivity contribution in [3.05, 3.63) is 76.8 Å². The van der Waals surface area contributed by atoms with E-state index in [0.717, 1.165) is 11.3 Å². The average molecular weight is 315 g/mol. The molecule has 0 saturated heterocycles. The highest BCUT2D eigenvalue weighted by Gasteiger charge is 2.14. The van der Waals surface area contributed by atoms with Crippen molar-refractivity contribution in [3.8, 4) is 5.75 Å². The van der Waals surface area contributed by atoms with Crippen LogP contribution < -0.4 is 10.5 Å². The van der Waals surface area contributed by atoms with Gasteiger partial charge in [0.1, 0.15) is 12.4 Å². The Balaban J connectivity index is 1.66. The third kappa shape index (κ3) is 3.44. The Morgan fingerprint density at radius 2 is 1.82 bits per heavy atom. The largest absolute Gasteiger partial charge is 0.486 e. The number of para-hydroxylation sites is 1. The molecule has 0 bridgehead atoms. The first-order valence-corrected chi connectivity index (χ1v) is 7.20. The molecule has 22 heavy (non-hydrogen) atoms. The minimum atomic E-state index is -0.404. The fourth-order valence-electron chi connectivity index (χ4n) is 2.00. The zero-order chi connectivity index (χ0) is 15.4. The SMILES string of the molecule is N[C@@H](c1ccc(Cl)cc1)c1n[nH]c(COc2ccccc2)n1. The van der Waals surface area contributed by atoms with Crippen molar-refractivity contribution in [3.63, 3.8) is 0 Å². The number of ether oxygens (including phenoxy) is 1. The van der Waals surface area contributed by atoms with Crippen molar-refractivity contribution < 1.29 is 4.74 Å². The molecular weight excluding hydrogens is 300 g/mol. The van der Waals surface area contributed by atoms with Gasteiger partial charge in [-0.3, -0.25) is 5.10 Å². The Kier molecular flexibility index (Phi) is 4.37. The number of hydrogen-bond donors (Lipinski definition) is 2. The van der Waals surface area contributed by atoms with Crippen LogP contribution in [-0.2, 0) is 6.61 Å². The highest BCUT2D eigenvalue weighted by Crippen LogP contribution is 2.19. The van der Waals surface area contributed by atoms with Gasteiger partial charge in [0.15, 0.2) is 11.6 Å². The fraction of sp³-hybridized carbons (Fsp3) is 0.125. The lowest BCUT2D eigenvalue weighted by Gasteiger charge is -2.07. The minimum Gasteiger partial charge on any atom is -0.486 e. The summed E-state index contributed by atoms with van der Waals surface area (Å²) in [6.07, 6.45) is 0. The van der Waals surface area contributed by atoms with Crippen molar-refractivity contribution in [1.29, 1.82) is 0 Å². The van der Waals surface area contributed by atoms with Crippen molar-refractivity contribution in [2.45, 2.75) is 12.6 Å². The smallest absolute Gasteiger partial charge is 0.172 e. The van der Waals surface area contributed by atoms with Crippen LogP contribution in [0.1, 0.15) is 23.3 Å². The van der Waals surface area contributed by atoms with E-state index >= 15 is 0 Å². The van der Waals surface area contributed by atoms with Gasteiger partial charge in [-0.15, -0.1) is 0 Å². The first-order valence-electron chi connectivity index (χ1n) is 6.82. The van der Waals surface area contributed by atoms with Crippen LogP contribution in [0.15, 0.2) is 54.6 Å². The van der Waals surface area contributed by atoms with Crippen LogP contribution in [0.4, 0.5) is 0 Å². The van der Waals surface area contributed by atoms with Gasteiger partial charge in [0.05, 0.1) is 6.04 Å². The number of aromatic nitrogens is 3. The zero-order valence-electron chi connectivity index (χ0n) is 11.7. The Bertz CT molecular complexity index is 727. The third-order valence-electron chi connectivity index (χ3n) is 3.18. The molecule has 3 aromatic rings. The summed E-state index contributed by atoms with van der Waals surface area (Å²) in [5.74, 6) is 1.93. The molecule has 0 amide bonds. The number of aromatic amines is 1. The van der Waals surface area contributed by atoms with E-state index in [1.54, 1.807) is 12.1 Å². The van der Waals surface area contributed by atoms with E-state index in [1.165, 1.54) is 0 Å². The zero-order valence-corrected chi connectivity index (χ0v) is 12.5. The summed E-state index contributed by atoms with van der Waals surface area (Å²) < 4.78 is 5.61. The van der Waals surface area contributed by atoms with Gasteiger partial charge < -0.3 is 10.5 Å². The van der Waals surface area contributed by atoms with Crippen LogP contribution in [0.5, 0.6) is 5.75 Å². The van der Waals surface area contributed by atoms with Gasteiger partial charge in [-0.25, -0.2) is 4.98 Å². The summed E-state index contributed by atoms with van der Waals surface area (Å²) in [5, 5.41) is 7.67. The molecule has 0 aliphatic rings. The lowest BCUT2D eigenvalue weighted by Crippen LogP contribution is -2.13. The average Bonchev–Trinajstić information content (AvgIpc) is 3.03. The molecule has 0 aliphatic carbocycles. The molecule has 5 nitrogen and oxygen atoms in total. The summed E-state index contributed by atoms with van der Waals surface area (Å²) >= 11 is 5.87. The highest BCUT2D eigenvalue weighted by atomic mass is 35.5. The Morgan fingerprint density at radius 3 is 2.55 bits per heavy atom. The molecule has 1 heterocycles. The van der Waals surface area contributed by atoms with Crippen molar-refractivity contribution >= 4 is 11.6 Å². The first kappa shape index (κ1) is 14.6. The van der Waals surface area contributed by atoms with E-state index < -0.39 is 6.04 Å². The number of benzene rings is 2. The maximum absolute atomic E-state index is 6.16. The van der Waals surface area contributed by atoms with Gasteiger partial charge in [-0.1, -0.05) is 41.9 Å². The highest BCUT2D eigenvalue weighted by molar-refractivity contribution is 6.30. The molecule has 3 rings (SSSR count). The summed E-state index contributed by atoms with van der Waals surface area (Å²) in [6.45, 7) is 0.310. The molecule has 2 aromatic carbocycles. The second-order valence-electron chi connectivity index (χ2n) is 4.77. The van der Waals surface area contributed by atoms with Gasteiger partial charge in [-0.2, -0.15) is 5.10 Å². The second-order valence-corrected chi connectivity index (χ2v) is 5.21. The molecular formula is C16H15ClN4O. The molecule has 0 aliphatic heterocycles. The van der Waals surface area contributed by atoms with Crippen LogP contribution in [0.25, 0.3) is 0 Å². The number of H-pyrrole nitrogens is 1. The molecule has 1 atom stereocenters. The Morgan fingerprint density at radius 1 is 1.09 bits per heavy atom. The molecule has 0 spiro atoms. The predicted octanol–water partition coefficient (Wildman–Crippen LogP) is 3.09. The summed E-state index contributed by atoms with van der Waals surface area (Å²) in [6, 6.07) is 16.4. The van der Waals surface area contributed by atoms with Gasteiger partial charge in [0.2, 0.25) is 0 Å². The van der Waals surface area contributed by atoms with Crippen LogP contribution in [-0.4, -0.2) is 15.2 Å². The predicted molar refractivity (Wildman–Crippen MR) is 84.6 cm³/mol. The van der Waals surface area contributed by atoms with Crippen molar-refractivity contribution in [1.82, 2.24) is 15.2 Å². The molecule has 1 aromatic heterocycles. The van der Waals surface area contributed by atoms with Crippen LogP contribution >= 0.6 is 11.6 Å². The third-order valence-corrected chi connectivity index (χ3v) is 3.43. The topological polar surface area (TPSA) is 76.8 Å². The first-order chi connectivity index (χ1) is 10.7. The number of nitrogens with zero attached hydrogens (tertiary/aromatic N) is 2. The van der Waals surface area contributed by atoms with E-state index in [0.29, 0.717) is 23.3 Å². The lowest BCUT2D eigenvalue weighted by molar-refractivity contribution is 0.296. The molecule has 0 fully saturated rings. The van der Waals surface area contributed by atoms with Crippen molar-refractivity contribution in [2.24, 2.45) is 5.73 Å². The second kappa shape index (κ2) is 6.60. The van der Waals surface area contributed by atoms with E-state index in [-0.39, 0.29) is 0 Å². The van der Waals surface area contributed by atoms with Gasteiger partial charge in [0.25, 0.3) is 0 Å². The normalized spacial score (nSPS) is 12.1. The summed E-state index contributed by atoms with van der Waals surface area (Å²) in [4.78, 5) is 4.37. The van der Waals surface area contributed by atoms with E-state index in [2.05, 4.69) is 15.2 Å². The quantitative estimate of drug-likeness (QED) is 0.758. The van der Waals surface area contributed by atoms with E-state index in [4.69, 9.17) is 22.1 Å². The van der Waals surface area contributed by atoms with Crippen LogP contribution in [0, 0.1) is 0 Å². The maximum atomic E-state index is 6.16. The Labute approximate surface area is 133 Å². The Hall–Kier alpha value is -2.37. The fourth-order valence-corrected chi connectivity index (χ4v) is 2.13. The number of nitrogens with two attached hydrogens (primary N) is 1. The molecule has 0 saturated carbocycles. The summed E-state index contributed by atoms with van der Waals surface area (Å²) in [7, 11) is 0. The van der Waals surface area contributed by atoms with E-state index in [1.807, 2.05) is 42.5 Å². The van der Waals surface area contributed by atoms with Crippen LogP contribution in [0.3, 0.4) is 0 Å². The van der Waals surface area contributed by atoms with Crippen molar-refractivity contribution in [2.75, 3.05) is 0 Å². The van der Waals surface area contributed by atoms with Gasteiger partial charge in [-0.05, 0) is 29.8 Å². The lowest BCUT2D eigenvalue weighted by atomic mass is 10.1. The van der Waals surface area contributed by atoms with Gasteiger partial charge >= 0.3 is 0 Å². The molecule has 0 unspecified atom stereocenters.